The Labute approximate surface area is 105 Å². The van der Waals surface area contributed by atoms with Crippen LogP contribution in [0.3, 0.4) is 0 Å². The number of anilines is 1. The van der Waals surface area contributed by atoms with Crippen molar-refractivity contribution in [3.8, 4) is 0 Å². The predicted molar refractivity (Wildman–Crippen MR) is 71.3 cm³/mol. The van der Waals surface area contributed by atoms with E-state index < -0.39 is 5.63 Å². The summed E-state index contributed by atoms with van der Waals surface area (Å²) in [5.41, 5.74) is 0.587. The summed E-state index contributed by atoms with van der Waals surface area (Å²) in [6.45, 7) is 4.10. The second-order valence-electron chi connectivity index (χ2n) is 4.12. The number of hydrogen-bond acceptors (Lipinski definition) is 4. The Hall–Kier alpha value is -2.10. The lowest BCUT2D eigenvalue weighted by atomic mass is 10.1. The molecule has 0 aliphatic carbocycles. The molecule has 1 aromatic heterocycles. The fourth-order valence-corrected chi connectivity index (χ4v) is 1.90. The summed E-state index contributed by atoms with van der Waals surface area (Å²) < 4.78 is 5.16. The van der Waals surface area contributed by atoms with Gasteiger partial charge in [-0.15, -0.1) is 0 Å². The Morgan fingerprint density at radius 3 is 2.72 bits per heavy atom. The number of Topliss-reactive ketones (excluding diaryl/α,β-unsaturated/α-hetero) is 1. The van der Waals surface area contributed by atoms with Gasteiger partial charge in [-0.3, -0.25) is 4.79 Å². The molecule has 0 aliphatic rings. The van der Waals surface area contributed by atoms with Gasteiger partial charge in [-0.2, -0.15) is 0 Å². The van der Waals surface area contributed by atoms with E-state index in [4.69, 9.17) is 4.42 Å². The lowest BCUT2D eigenvalue weighted by Gasteiger charge is -2.11. The molecule has 2 rings (SSSR count). The molecule has 4 heteroatoms. The molecule has 0 bridgehead atoms. The van der Waals surface area contributed by atoms with E-state index in [2.05, 4.69) is 5.32 Å². The molecule has 0 aliphatic heterocycles. The third kappa shape index (κ3) is 2.14. The molecule has 18 heavy (non-hydrogen) atoms. The number of hydrogen-bond donors (Lipinski definition) is 1. The molecular weight excluding hydrogens is 230 g/mol. The van der Waals surface area contributed by atoms with Gasteiger partial charge in [-0.05, 0) is 25.5 Å². The van der Waals surface area contributed by atoms with Gasteiger partial charge in [0.25, 0.3) is 0 Å². The van der Waals surface area contributed by atoms with Crippen molar-refractivity contribution in [2.75, 3.05) is 11.9 Å². The Balaban J connectivity index is 2.76. The van der Waals surface area contributed by atoms with Crippen molar-refractivity contribution in [1.29, 1.82) is 0 Å². The summed E-state index contributed by atoms with van der Waals surface area (Å²) in [5.74, 6) is -0.284. The Bertz CT molecular complexity index is 643. The van der Waals surface area contributed by atoms with Crippen molar-refractivity contribution >= 4 is 22.4 Å². The molecule has 1 aromatic carbocycles. The standard InChI is InChI=1S/C14H15NO3/c1-3-8-15-13-10-6-4-5-7-11(10)18-14(17)12(13)9(2)16/h4-7,15H,3,8H2,1-2H3. The van der Waals surface area contributed by atoms with E-state index >= 15 is 0 Å². The van der Waals surface area contributed by atoms with Gasteiger partial charge in [0.15, 0.2) is 5.78 Å². The van der Waals surface area contributed by atoms with Crippen LogP contribution in [-0.4, -0.2) is 12.3 Å². The van der Waals surface area contributed by atoms with E-state index in [1.165, 1.54) is 6.92 Å². The quantitative estimate of drug-likeness (QED) is 0.664. The summed E-state index contributed by atoms with van der Waals surface area (Å²) in [5, 5.41) is 3.91. The fourth-order valence-electron chi connectivity index (χ4n) is 1.90. The zero-order valence-electron chi connectivity index (χ0n) is 10.4. The summed E-state index contributed by atoms with van der Waals surface area (Å²) >= 11 is 0. The number of benzene rings is 1. The lowest BCUT2D eigenvalue weighted by molar-refractivity contribution is 0.101. The summed E-state index contributed by atoms with van der Waals surface area (Å²) in [7, 11) is 0. The number of rotatable bonds is 4. The number of fused-ring (bicyclic) bond motifs is 1. The molecule has 1 N–H and O–H groups in total. The molecule has 0 spiro atoms. The van der Waals surface area contributed by atoms with Gasteiger partial charge in [-0.1, -0.05) is 19.1 Å². The van der Waals surface area contributed by atoms with Crippen LogP contribution in [0.5, 0.6) is 0 Å². The summed E-state index contributed by atoms with van der Waals surface area (Å²) in [6, 6.07) is 7.20. The number of carbonyl (C=O) groups excluding carboxylic acids is 1. The van der Waals surface area contributed by atoms with E-state index in [-0.39, 0.29) is 11.3 Å². The van der Waals surface area contributed by atoms with E-state index in [0.29, 0.717) is 17.8 Å². The van der Waals surface area contributed by atoms with Crippen LogP contribution in [0.2, 0.25) is 0 Å². The van der Waals surface area contributed by atoms with Crippen molar-refractivity contribution < 1.29 is 9.21 Å². The lowest BCUT2D eigenvalue weighted by Crippen LogP contribution is -2.16. The Morgan fingerprint density at radius 1 is 1.33 bits per heavy atom. The Kier molecular flexibility index (Phi) is 3.46. The monoisotopic (exact) mass is 245 g/mol. The molecule has 94 valence electrons. The molecule has 4 nitrogen and oxygen atoms in total. The van der Waals surface area contributed by atoms with Crippen LogP contribution < -0.4 is 10.9 Å². The second-order valence-corrected chi connectivity index (χ2v) is 4.12. The van der Waals surface area contributed by atoms with Gasteiger partial charge in [0, 0.05) is 11.9 Å². The van der Waals surface area contributed by atoms with E-state index in [1.54, 1.807) is 12.1 Å². The summed E-state index contributed by atoms with van der Waals surface area (Å²) in [6.07, 6.45) is 0.909. The molecule has 1 heterocycles. The van der Waals surface area contributed by atoms with Gasteiger partial charge in [0.2, 0.25) is 0 Å². The van der Waals surface area contributed by atoms with Crippen LogP contribution in [0.1, 0.15) is 30.6 Å². The highest BCUT2D eigenvalue weighted by Gasteiger charge is 2.17. The van der Waals surface area contributed by atoms with Crippen LogP contribution in [-0.2, 0) is 0 Å². The molecule has 0 unspecified atom stereocenters. The van der Waals surface area contributed by atoms with Crippen molar-refractivity contribution in [2.45, 2.75) is 20.3 Å². The maximum absolute atomic E-state index is 11.8. The van der Waals surface area contributed by atoms with Crippen LogP contribution in [0.15, 0.2) is 33.5 Å². The molecule has 0 saturated carbocycles. The molecule has 0 atom stereocenters. The molecule has 0 fully saturated rings. The number of nitrogens with one attached hydrogen (secondary N) is 1. The number of carbonyl (C=O) groups is 1. The van der Waals surface area contributed by atoms with Gasteiger partial charge in [-0.25, -0.2) is 4.79 Å². The normalized spacial score (nSPS) is 10.6. The topological polar surface area (TPSA) is 59.3 Å². The van der Waals surface area contributed by atoms with Crippen LogP contribution in [0, 0.1) is 0 Å². The zero-order valence-corrected chi connectivity index (χ0v) is 10.4. The maximum atomic E-state index is 11.8. The Morgan fingerprint density at radius 2 is 2.06 bits per heavy atom. The molecule has 2 aromatic rings. The molecule has 0 saturated heterocycles. The molecule has 0 radical (unpaired) electrons. The smallest absolute Gasteiger partial charge is 0.349 e. The fraction of sp³-hybridized carbons (Fsp3) is 0.286. The number of ketones is 1. The minimum absolute atomic E-state index is 0.0992. The van der Waals surface area contributed by atoms with Gasteiger partial charge < -0.3 is 9.73 Å². The van der Waals surface area contributed by atoms with Crippen LogP contribution in [0.4, 0.5) is 5.69 Å². The highest BCUT2D eigenvalue weighted by Crippen LogP contribution is 2.25. The first-order valence-corrected chi connectivity index (χ1v) is 5.95. The number of para-hydroxylation sites is 1. The zero-order chi connectivity index (χ0) is 13.1. The maximum Gasteiger partial charge on any atom is 0.349 e. The van der Waals surface area contributed by atoms with Crippen molar-refractivity contribution in [1.82, 2.24) is 0 Å². The molecular formula is C14H15NO3. The average molecular weight is 245 g/mol. The minimum atomic E-state index is -0.584. The highest BCUT2D eigenvalue weighted by atomic mass is 16.4. The van der Waals surface area contributed by atoms with Gasteiger partial charge >= 0.3 is 5.63 Å². The van der Waals surface area contributed by atoms with Crippen molar-refractivity contribution in [3.05, 3.63) is 40.2 Å². The molecule has 0 amide bonds. The van der Waals surface area contributed by atoms with Crippen LogP contribution in [0.25, 0.3) is 11.0 Å². The minimum Gasteiger partial charge on any atom is -0.422 e. The average Bonchev–Trinajstić information content (AvgIpc) is 2.34. The SMILES string of the molecule is CCCNc1c(C(C)=O)c(=O)oc2ccccc12. The first-order chi connectivity index (χ1) is 8.65. The van der Waals surface area contributed by atoms with E-state index in [0.717, 1.165) is 11.8 Å². The van der Waals surface area contributed by atoms with Crippen molar-refractivity contribution in [2.24, 2.45) is 0 Å². The van der Waals surface area contributed by atoms with Crippen LogP contribution >= 0.6 is 0 Å². The highest BCUT2D eigenvalue weighted by molar-refractivity contribution is 6.06. The third-order valence-corrected chi connectivity index (χ3v) is 2.72. The van der Waals surface area contributed by atoms with E-state index in [1.807, 2.05) is 19.1 Å². The summed E-state index contributed by atoms with van der Waals surface area (Å²) in [4.78, 5) is 23.4. The van der Waals surface area contributed by atoms with Crippen molar-refractivity contribution in [3.63, 3.8) is 0 Å². The predicted octanol–water partition coefficient (Wildman–Crippen LogP) is 2.82. The van der Waals surface area contributed by atoms with Gasteiger partial charge in [0.1, 0.15) is 11.1 Å². The largest absolute Gasteiger partial charge is 0.422 e. The van der Waals surface area contributed by atoms with Gasteiger partial charge in [0.05, 0.1) is 5.69 Å². The second kappa shape index (κ2) is 5.04. The first-order valence-electron chi connectivity index (χ1n) is 5.95. The first kappa shape index (κ1) is 12.4. The third-order valence-electron chi connectivity index (χ3n) is 2.72. The van der Waals surface area contributed by atoms with E-state index in [9.17, 15) is 9.59 Å².